The van der Waals surface area contributed by atoms with Gasteiger partial charge in [0.2, 0.25) is 5.91 Å². The van der Waals surface area contributed by atoms with Crippen LogP contribution in [0.3, 0.4) is 0 Å². The standard InChI is InChI=1S/C29H40N6O3S.ClH/c1-19(2)39-29-31-24(16-27(32-29)30-23-9-13-33(14-10-23)20(3)36)28(38)35-15-11-25(26(37)18-35)34-12-8-21-6-4-5-7-22(21)17-34;/h4-7,16,19,23,25-26,37H,8-15,17-18H2,1-3H3,(H,30,31,32);1H/t25-,26-;/m1./s1. The third kappa shape index (κ3) is 7.26. The predicted octanol–water partition coefficient (Wildman–Crippen LogP) is 3.46. The molecule has 0 spiro atoms. The number of benzene rings is 1. The number of rotatable bonds is 6. The van der Waals surface area contributed by atoms with E-state index in [0.717, 1.165) is 38.8 Å². The fourth-order valence-electron chi connectivity index (χ4n) is 5.91. The molecule has 2 atom stereocenters. The van der Waals surface area contributed by atoms with E-state index in [9.17, 15) is 14.7 Å². The summed E-state index contributed by atoms with van der Waals surface area (Å²) in [4.78, 5) is 40.6. The number of β-amino-alcohol motifs (C(OH)–C–C–N with tert-alkyl or cyclic N) is 1. The van der Waals surface area contributed by atoms with E-state index in [4.69, 9.17) is 0 Å². The van der Waals surface area contributed by atoms with Crippen molar-refractivity contribution in [2.24, 2.45) is 0 Å². The van der Waals surface area contributed by atoms with Crippen LogP contribution in [-0.4, -0.2) is 97.7 Å². The summed E-state index contributed by atoms with van der Waals surface area (Å²) in [7, 11) is 0. The topological polar surface area (TPSA) is 102 Å². The number of carbonyl (C=O) groups is 2. The van der Waals surface area contributed by atoms with Gasteiger partial charge in [-0.25, -0.2) is 9.97 Å². The highest BCUT2D eigenvalue weighted by atomic mass is 35.5. The lowest BCUT2D eigenvalue weighted by molar-refractivity contribution is -0.129. The van der Waals surface area contributed by atoms with E-state index in [0.29, 0.717) is 42.8 Å². The zero-order valence-corrected chi connectivity index (χ0v) is 25.2. The van der Waals surface area contributed by atoms with Gasteiger partial charge in [0.15, 0.2) is 5.16 Å². The van der Waals surface area contributed by atoms with Gasteiger partial charge in [0.1, 0.15) is 11.5 Å². The summed E-state index contributed by atoms with van der Waals surface area (Å²) in [5.41, 5.74) is 3.08. The third-order valence-electron chi connectivity index (χ3n) is 8.02. The van der Waals surface area contributed by atoms with E-state index >= 15 is 0 Å². The van der Waals surface area contributed by atoms with Crippen molar-refractivity contribution in [1.82, 2.24) is 24.7 Å². The Morgan fingerprint density at radius 2 is 1.73 bits per heavy atom. The van der Waals surface area contributed by atoms with Crippen LogP contribution in [-0.2, 0) is 17.8 Å². The number of aliphatic hydroxyl groups is 1. The SMILES string of the molecule is CC(=O)N1CCC(Nc2cc(C(=O)N3CC[C@@H](N4CCc5ccccc5C4)[C@H](O)C3)nc(SC(C)C)n2)CC1.Cl. The number of halogens is 1. The molecule has 1 aromatic heterocycles. The van der Waals surface area contributed by atoms with Gasteiger partial charge in [0.05, 0.1) is 6.10 Å². The summed E-state index contributed by atoms with van der Waals surface area (Å²) in [5.74, 6) is 0.578. The molecule has 0 saturated carbocycles. The quantitative estimate of drug-likeness (QED) is 0.391. The van der Waals surface area contributed by atoms with Crippen molar-refractivity contribution in [3.8, 4) is 0 Å². The molecule has 3 aliphatic rings. The number of piperidine rings is 2. The molecule has 40 heavy (non-hydrogen) atoms. The second kappa shape index (κ2) is 13.5. The summed E-state index contributed by atoms with van der Waals surface area (Å²) in [6.45, 7) is 9.84. The third-order valence-corrected chi connectivity index (χ3v) is 8.89. The van der Waals surface area contributed by atoms with Gasteiger partial charge in [-0.15, -0.1) is 12.4 Å². The van der Waals surface area contributed by atoms with Crippen LogP contribution < -0.4 is 5.32 Å². The van der Waals surface area contributed by atoms with E-state index in [1.165, 1.54) is 22.9 Å². The van der Waals surface area contributed by atoms with Gasteiger partial charge < -0.3 is 20.2 Å². The van der Waals surface area contributed by atoms with Crippen LogP contribution in [0.2, 0.25) is 0 Å². The van der Waals surface area contributed by atoms with Crippen molar-refractivity contribution in [3.63, 3.8) is 0 Å². The number of fused-ring (bicyclic) bond motifs is 1. The number of anilines is 1. The molecule has 11 heteroatoms. The Bertz CT molecular complexity index is 1190. The maximum absolute atomic E-state index is 13.6. The first kappa shape index (κ1) is 30.6. The molecule has 1 aromatic carbocycles. The summed E-state index contributed by atoms with van der Waals surface area (Å²) in [5, 5.41) is 15.5. The number of aromatic nitrogens is 2. The zero-order valence-electron chi connectivity index (χ0n) is 23.6. The van der Waals surface area contributed by atoms with Crippen molar-refractivity contribution in [2.75, 3.05) is 38.0 Å². The van der Waals surface area contributed by atoms with Gasteiger partial charge >= 0.3 is 0 Å². The molecule has 4 heterocycles. The van der Waals surface area contributed by atoms with Crippen LogP contribution in [0.5, 0.6) is 0 Å². The molecule has 0 bridgehead atoms. The molecule has 2 N–H and O–H groups in total. The maximum atomic E-state index is 13.6. The Morgan fingerprint density at radius 3 is 2.40 bits per heavy atom. The number of amides is 2. The molecular weight excluding hydrogens is 548 g/mol. The first-order valence-corrected chi connectivity index (χ1v) is 15.0. The van der Waals surface area contributed by atoms with Gasteiger partial charge in [-0.05, 0) is 36.8 Å². The molecule has 2 amide bonds. The number of hydrogen-bond donors (Lipinski definition) is 2. The van der Waals surface area contributed by atoms with Crippen LogP contribution in [0.25, 0.3) is 0 Å². The number of thioether (sulfide) groups is 1. The van der Waals surface area contributed by atoms with E-state index in [1.807, 2.05) is 4.90 Å². The number of nitrogens with zero attached hydrogens (tertiary/aromatic N) is 5. The predicted molar refractivity (Wildman–Crippen MR) is 160 cm³/mol. The Balaban J connectivity index is 0.00000370. The molecule has 3 aliphatic heterocycles. The Hall–Kier alpha value is -2.40. The molecule has 2 fully saturated rings. The molecule has 0 aliphatic carbocycles. The van der Waals surface area contributed by atoms with Gasteiger partial charge in [0, 0.05) is 69.6 Å². The van der Waals surface area contributed by atoms with Crippen LogP contribution in [0, 0.1) is 0 Å². The number of likely N-dealkylation sites (tertiary alicyclic amines) is 2. The van der Waals surface area contributed by atoms with Crippen molar-refractivity contribution < 1.29 is 14.7 Å². The Labute approximate surface area is 247 Å². The largest absolute Gasteiger partial charge is 0.390 e. The zero-order chi connectivity index (χ0) is 27.5. The number of carbonyl (C=O) groups excluding carboxylic acids is 2. The minimum atomic E-state index is -0.608. The smallest absolute Gasteiger partial charge is 0.272 e. The highest BCUT2D eigenvalue weighted by Gasteiger charge is 2.36. The molecule has 2 aromatic rings. The van der Waals surface area contributed by atoms with Crippen LogP contribution >= 0.6 is 24.2 Å². The normalized spacial score (nSPS) is 22.0. The first-order valence-electron chi connectivity index (χ1n) is 14.1. The molecule has 218 valence electrons. The van der Waals surface area contributed by atoms with Gasteiger partial charge in [-0.2, -0.15) is 0 Å². The van der Waals surface area contributed by atoms with Crippen LogP contribution in [0.1, 0.15) is 61.6 Å². The number of aliphatic hydroxyl groups excluding tert-OH is 1. The Morgan fingerprint density at radius 1 is 1.02 bits per heavy atom. The Kier molecular flexibility index (Phi) is 10.3. The average molecular weight is 589 g/mol. The summed E-state index contributed by atoms with van der Waals surface area (Å²) < 4.78 is 0. The van der Waals surface area contributed by atoms with Crippen molar-refractivity contribution in [3.05, 3.63) is 47.2 Å². The van der Waals surface area contributed by atoms with Crippen LogP contribution in [0.15, 0.2) is 35.5 Å². The average Bonchev–Trinajstić information content (AvgIpc) is 2.92. The van der Waals surface area contributed by atoms with Gasteiger partial charge in [-0.1, -0.05) is 49.9 Å². The fraction of sp³-hybridized carbons (Fsp3) is 0.586. The number of hydrogen-bond acceptors (Lipinski definition) is 8. The molecule has 2 saturated heterocycles. The van der Waals surface area contributed by atoms with Crippen LogP contribution in [0.4, 0.5) is 5.82 Å². The summed E-state index contributed by atoms with van der Waals surface area (Å²) in [6, 6.07) is 10.5. The highest BCUT2D eigenvalue weighted by Crippen LogP contribution is 2.27. The molecule has 9 nitrogen and oxygen atoms in total. The van der Waals surface area contributed by atoms with Gasteiger partial charge in [0.25, 0.3) is 5.91 Å². The highest BCUT2D eigenvalue weighted by molar-refractivity contribution is 7.99. The monoisotopic (exact) mass is 588 g/mol. The summed E-state index contributed by atoms with van der Waals surface area (Å²) in [6.07, 6.45) is 2.78. The summed E-state index contributed by atoms with van der Waals surface area (Å²) >= 11 is 1.53. The molecular formula is C29H41ClN6O3S. The minimum absolute atomic E-state index is 0. The van der Waals surface area contributed by atoms with Crippen molar-refractivity contribution in [1.29, 1.82) is 0 Å². The second-order valence-electron chi connectivity index (χ2n) is 11.2. The minimum Gasteiger partial charge on any atom is -0.390 e. The van der Waals surface area contributed by atoms with E-state index in [1.54, 1.807) is 17.9 Å². The fourth-order valence-corrected chi connectivity index (χ4v) is 6.64. The lowest BCUT2D eigenvalue weighted by atomic mass is 9.94. The van der Waals surface area contributed by atoms with Crippen molar-refractivity contribution >= 4 is 41.8 Å². The second-order valence-corrected chi connectivity index (χ2v) is 12.7. The lowest BCUT2D eigenvalue weighted by Gasteiger charge is -2.43. The van der Waals surface area contributed by atoms with Gasteiger partial charge in [-0.3, -0.25) is 14.5 Å². The van der Waals surface area contributed by atoms with E-state index in [-0.39, 0.29) is 41.6 Å². The molecule has 0 unspecified atom stereocenters. The first-order chi connectivity index (χ1) is 18.8. The molecule has 0 radical (unpaired) electrons. The maximum Gasteiger partial charge on any atom is 0.272 e. The van der Waals surface area contributed by atoms with Crippen molar-refractivity contribution in [2.45, 2.75) is 81.6 Å². The lowest BCUT2D eigenvalue weighted by Crippen LogP contribution is -2.56. The van der Waals surface area contributed by atoms with E-state index < -0.39 is 6.10 Å². The number of nitrogens with one attached hydrogen (secondary N) is 1. The van der Waals surface area contributed by atoms with E-state index in [2.05, 4.69) is 58.3 Å². The molecule has 5 rings (SSSR count).